The first-order valence-electron chi connectivity index (χ1n) is 4.95. The van der Waals surface area contributed by atoms with Crippen molar-refractivity contribution >= 4 is 0 Å². The maximum Gasteiger partial charge on any atom is 0.00127 e. The van der Waals surface area contributed by atoms with Gasteiger partial charge >= 0.3 is 0 Å². The van der Waals surface area contributed by atoms with Gasteiger partial charge in [-0.2, -0.15) is 0 Å². The van der Waals surface area contributed by atoms with Gasteiger partial charge in [0.15, 0.2) is 0 Å². The highest BCUT2D eigenvalue weighted by atomic mass is 14.9. The molecule has 0 atom stereocenters. The number of hydrogen-bond acceptors (Lipinski definition) is 1. The molecule has 0 unspecified atom stereocenters. The summed E-state index contributed by atoms with van der Waals surface area (Å²) in [5.74, 6) is 0.463. The predicted molar refractivity (Wildman–Crippen MR) is 63.0 cm³/mol. The fraction of sp³-hybridized carbons (Fsp3) is 0.667. The highest BCUT2D eigenvalue weighted by Gasteiger charge is 1.92. The van der Waals surface area contributed by atoms with Gasteiger partial charge in [-0.05, 0) is 5.92 Å². The van der Waals surface area contributed by atoms with E-state index in [0.717, 1.165) is 0 Å². The zero-order chi connectivity index (χ0) is 10.9. The van der Waals surface area contributed by atoms with Gasteiger partial charge < -0.3 is 5.32 Å². The quantitative estimate of drug-likeness (QED) is 0.659. The van der Waals surface area contributed by atoms with Crippen molar-refractivity contribution in [1.82, 2.24) is 5.32 Å². The van der Waals surface area contributed by atoms with E-state index < -0.39 is 0 Å². The Labute approximate surface area is 83.9 Å². The van der Waals surface area contributed by atoms with E-state index in [0.29, 0.717) is 18.0 Å². The Kier molecular flexibility index (Phi) is 10.9. The second-order valence-electron chi connectivity index (χ2n) is 3.81. The van der Waals surface area contributed by atoms with Crippen molar-refractivity contribution in [3.63, 3.8) is 0 Å². The molecule has 1 nitrogen and oxygen atoms in total. The topological polar surface area (TPSA) is 12.0 Å². The summed E-state index contributed by atoms with van der Waals surface area (Å²) in [6.45, 7) is 17.8. The van der Waals surface area contributed by atoms with Crippen molar-refractivity contribution in [2.24, 2.45) is 5.92 Å². The molecule has 78 valence electrons. The maximum atomic E-state index is 3.56. The summed E-state index contributed by atoms with van der Waals surface area (Å²) in [7, 11) is 0. The summed E-state index contributed by atoms with van der Waals surface area (Å²) in [6.07, 6.45) is 3.71. The molecule has 0 amide bonds. The van der Waals surface area contributed by atoms with Gasteiger partial charge in [0, 0.05) is 12.1 Å². The molecule has 0 aromatic heterocycles. The van der Waals surface area contributed by atoms with Crippen LogP contribution in [0.25, 0.3) is 0 Å². The van der Waals surface area contributed by atoms with Crippen LogP contribution in [0.15, 0.2) is 25.3 Å². The average molecular weight is 183 g/mol. The Hall–Kier alpha value is -0.560. The minimum absolute atomic E-state index is 0.463. The molecular weight excluding hydrogens is 158 g/mol. The molecule has 0 aliphatic rings. The lowest BCUT2D eigenvalue weighted by molar-refractivity contribution is 0.518. The van der Waals surface area contributed by atoms with Crippen molar-refractivity contribution in [1.29, 1.82) is 0 Å². The van der Waals surface area contributed by atoms with Crippen molar-refractivity contribution in [2.45, 2.75) is 46.7 Å². The lowest BCUT2D eigenvalue weighted by atomic mass is 10.2. The second-order valence-corrected chi connectivity index (χ2v) is 3.81. The van der Waals surface area contributed by atoms with Crippen molar-refractivity contribution in [3.05, 3.63) is 25.3 Å². The van der Waals surface area contributed by atoms with E-state index in [9.17, 15) is 0 Å². The zero-order valence-electron chi connectivity index (χ0n) is 9.80. The van der Waals surface area contributed by atoms with Gasteiger partial charge in [-0.1, -0.05) is 46.8 Å². The first-order chi connectivity index (χ1) is 5.93. The smallest absolute Gasteiger partial charge is 0.00127 e. The number of rotatable bonds is 4. The average Bonchev–Trinajstić information content (AvgIpc) is 2.01. The van der Waals surface area contributed by atoms with Crippen LogP contribution in [0, 0.1) is 5.92 Å². The van der Waals surface area contributed by atoms with E-state index in [1.54, 1.807) is 0 Å². The van der Waals surface area contributed by atoms with E-state index in [1.165, 1.54) is 0 Å². The summed E-state index contributed by atoms with van der Waals surface area (Å²) in [5, 5.41) is 3.31. The minimum atomic E-state index is 0.463. The Bertz CT molecular complexity index is 111. The molecule has 0 aliphatic heterocycles. The molecule has 13 heavy (non-hydrogen) atoms. The van der Waals surface area contributed by atoms with Gasteiger partial charge in [-0.15, -0.1) is 13.2 Å². The van der Waals surface area contributed by atoms with Crippen LogP contribution in [-0.4, -0.2) is 12.1 Å². The summed E-state index contributed by atoms with van der Waals surface area (Å²) in [6, 6.07) is 1.25. The number of hydrogen-bond donors (Lipinski definition) is 1. The van der Waals surface area contributed by atoms with Crippen molar-refractivity contribution in [3.8, 4) is 0 Å². The molecular formula is C12H25N. The lowest BCUT2D eigenvalue weighted by Crippen LogP contribution is -2.29. The summed E-state index contributed by atoms with van der Waals surface area (Å²) in [4.78, 5) is 0. The third-order valence-corrected chi connectivity index (χ3v) is 1.41. The van der Waals surface area contributed by atoms with Crippen LogP contribution in [0.5, 0.6) is 0 Å². The highest BCUT2D eigenvalue weighted by molar-refractivity contribution is 4.87. The Morgan fingerprint density at radius 1 is 0.846 bits per heavy atom. The SMILES string of the molecule is C=CC(C)C=C.CC(C)NC(C)C. The summed E-state index contributed by atoms with van der Waals surface area (Å²) >= 11 is 0. The van der Waals surface area contributed by atoms with E-state index in [-0.39, 0.29) is 0 Å². The molecule has 0 aromatic carbocycles. The molecule has 0 saturated carbocycles. The summed E-state index contributed by atoms with van der Waals surface area (Å²) < 4.78 is 0. The van der Waals surface area contributed by atoms with Gasteiger partial charge in [0.2, 0.25) is 0 Å². The maximum absolute atomic E-state index is 3.56. The van der Waals surface area contributed by atoms with Gasteiger partial charge in [0.05, 0.1) is 0 Å². The molecule has 0 rings (SSSR count). The Morgan fingerprint density at radius 3 is 1.15 bits per heavy atom. The fourth-order valence-electron chi connectivity index (χ4n) is 0.763. The van der Waals surface area contributed by atoms with Gasteiger partial charge in [-0.25, -0.2) is 0 Å². The largest absolute Gasteiger partial charge is 0.312 e. The van der Waals surface area contributed by atoms with Crippen molar-refractivity contribution in [2.75, 3.05) is 0 Å². The van der Waals surface area contributed by atoms with Crippen LogP contribution in [-0.2, 0) is 0 Å². The van der Waals surface area contributed by atoms with Gasteiger partial charge in [0.1, 0.15) is 0 Å². The molecule has 0 fully saturated rings. The number of nitrogens with one attached hydrogen (secondary N) is 1. The van der Waals surface area contributed by atoms with Crippen LogP contribution >= 0.6 is 0 Å². The van der Waals surface area contributed by atoms with Gasteiger partial charge in [-0.3, -0.25) is 0 Å². The predicted octanol–water partition coefficient (Wildman–Crippen LogP) is 3.39. The van der Waals surface area contributed by atoms with Crippen LogP contribution in [0.2, 0.25) is 0 Å². The monoisotopic (exact) mass is 183 g/mol. The molecule has 1 heteroatoms. The highest BCUT2D eigenvalue weighted by Crippen LogP contribution is 1.92. The fourth-order valence-corrected chi connectivity index (χ4v) is 0.763. The molecule has 0 aromatic rings. The molecule has 1 N–H and O–H groups in total. The molecule has 0 radical (unpaired) electrons. The van der Waals surface area contributed by atoms with Crippen LogP contribution < -0.4 is 5.32 Å². The normalized spacial score (nSPS) is 9.85. The van der Waals surface area contributed by atoms with Crippen LogP contribution in [0.1, 0.15) is 34.6 Å². The van der Waals surface area contributed by atoms with Crippen LogP contribution in [0.3, 0.4) is 0 Å². The van der Waals surface area contributed by atoms with Crippen molar-refractivity contribution < 1.29 is 0 Å². The molecule has 0 saturated heterocycles. The first kappa shape index (κ1) is 14.9. The third kappa shape index (κ3) is 18.4. The van der Waals surface area contributed by atoms with Gasteiger partial charge in [0.25, 0.3) is 0 Å². The molecule has 0 spiro atoms. The molecule has 0 heterocycles. The Balaban J connectivity index is 0. The number of allylic oxidation sites excluding steroid dienone is 2. The third-order valence-electron chi connectivity index (χ3n) is 1.41. The standard InChI is InChI=1S/C6H15N.C6H10/c1-5(2)7-6(3)4;1-4-6(3)5-2/h5-7H,1-4H3;4-6H,1-2H2,3H3. The lowest BCUT2D eigenvalue weighted by Gasteiger charge is -2.10. The van der Waals surface area contributed by atoms with Crippen LogP contribution in [0.4, 0.5) is 0 Å². The zero-order valence-corrected chi connectivity index (χ0v) is 9.80. The van der Waals surface area contributed by atoms with E-state index >= 15 is 0 Å². The Morgan fingerprint density at radius 2 is 1.15 bits per heavy atom. The minimum Gasteiger partial charge on any atom is -0.312 e. The second kappa shape index (κ2) is 9.53. The van der Waals surface area contributed by atoms with E-state index in [4.69, 9.17) is 0 Å². The molecule has 0 aliphatic carbocycles. The van der Waals surface area contributed by atoms with E-state index in [1.807, 2.05) is 19.1 Å². The molecule has 0 bridgehead atoms. The summed E-state index contributed by atoms with van der Waals surface area (Å²) in [5.41, 5.74) is 0. The first-order valence-corrected chi connectivity index (χ1v) is 4.95. The van der Waals surface area contributed by atoms with E-state index in [2.05, 4.69) is 46.2 Å².